The van der Waals surface area contributed by atoms with Crippen LogP contribution in [-0.2, 0) is 143 Å². The lowest BCUT2D eigenvalue weighted by Crippen LogP contribution is -2.54. The molecule has 49 atom stereocenters. The van der Waals surface area contributed by atoms with E-state index in [2.05, 4.69) is 61.5 Å². The number of Topliss-reactive ketones (excluding diaryl/α,β-unsaturated/α-hetero) is 1. The number of ketones is 1. The Labute approximate surface area is 788 Å². The number of nitriles is 2. The lowest BCUT2D eigenvalue weighted by atomic mass is 9.57. The topological polar surface area (TPSA) is 481 Å². The molecule has 27 fully saturated rings. The quantitative estimate of drug-likeness (QED) is 0.144. The van der Waals surface area contributed by atoms with E-state index in [-0.39, 0.29) is 165 Å². The number of hydrogen-bond acceptors (Lipinski definition) is 32. The second kappa shape index (κ2) is 30.5. The first-order valence-corrected chi connectivity index (χ1v) is 60.7. The van der Waals surface area contributed by atoms with Crippen molar-refractivity contribution in [3.05, 3.63) is 0 Å². The number of fused-ring (bicyclic) bond motifs is 9. The number of alkyl halides is 6. The van der Waals surface area contributed by atoms with Crippen molar-refractivity contribution in [1.82, 2.24) is 0 Å². The summed E-state index contributed by atoms with van der Waals surface area (Å²) in [7, 11) is -31.4. The molecule has 9 saturated heterocycles. The molecule has 49 unspecified atom stereocenters. The van der Waals surface area contributed by atoms with Crippen LogP contribution in [0.4, 0.5) is 26.3 Å². The standard InChI is InChI=1S/C13H22O3S.C11H16O4S.C10H14O5S.2C9H11F3O3S.2C9H11NO3S.2C9H14O3S/c1-8-11(4)7-9-12(8,5)13(6,10(11,2)3)16-17(9,14)15;1-3-9(12)11-5-7-4-8(11)10(6(7)2)15-16(11,13)14;1-4-5-3-6-8(4)15-16(12,13)9(6)7(5)10(11)14-2;1-4-5-2-6-7(4)15-16(13,14)8(6,3-5)9(10,11)12;1-3-4-2-5-7(3)15-16(13,14)8(5)6(4)9(10,11)12;1-5-6-2-7-8(5)13-14(11,12)9(7,3-6)4-10;1-4-5-2-6-8(4)13-14(11,12)9(6)7(5)3-10;1-5-6-3-7-8(5)12-13(10,11)9(7,2)4-6;1-4-6-3-7-8(4)12-13(10,11)9(7)5(6)2/h8-9H,7H2,1-6H3;6-8,10H,3-5H2,1-2H3;4-9H,3H2,1-2H3;4-7H,2-3H2,1H3;3-8H,2H2,1H3;5-8H,2-3H2,1H3;4-9H,2H2,1H3;5-8H,3-4H2,1-2H3;4-9H,3H2,1-2H3. The van der Waals surface area contributed by atoms with Crippen molar-refractivity contribution in [3.63, 3.8) is 0 Å². The number of ether oxygens (including phenoxy) is 1. The van der Waals surface area contributed by atoms with Crippen LogP contribution < -0.4 is 0 Å². The molecule has 135 heavy (non-hydrogen) atoms. The van der Waals surface area contributed by atoms with Gasteiger partial charge < -0.3 is 4.74 Å². The fraction of sp³-hybridized carbons (Fsp3) is 0.955. The van der Waals surface area contributed by atoms with E-state index >= 15 is 0 Å². The Hall–Kier alpha value is -3.11. The lowest BCUT2D eigenvalue weighted by Gasteiger charge is -2.49. The molecule has 0 aromatic carbocycles. The van der Waals surface area contributed by atoms with Gasteiger partial charge in [0, 0.05) is 64.6 Å². The molecule has 0 spiro atoms. The highest BCUT2D eigenvalue weighted by atomic mass is 32.3. The monoisotopic (exact) mass is 2090 g/mol. The van der Waals surface area contributed by atoms with Crippen LogP contribution in [0.5, 0.6) is 0 Å². The molecule has 0 aromatic heterocycles. The second-order valence-electron chi connectivity index (χ2n) is 46.8. The van der Waals surface area contributed by atoms with E-state index in [1.54, 1.807) is 20.8 Å². The molecule has 762 valence electrons. The minimum atomic E-state index is -4.72. The molecular formula is C88H124F6N2O30S9. The number of esters is 1. The summed E-state index contributed by atoms with van der Waals surface area (Å²) >= 11 is 0. The molecule has 32 nitrogen and oxygen atoms in total. The Bertz CT molecular complexity index is 6200. The summed E-state index contributed by atoms with van der Waals surface area (Å²) in [5.41, 5.74) is -0.876. The van der Waals surface area contributed by atoms with Crippen LogP contribution >= 0.6 is 0 Å². The van der Waals surface area contributed by atoms with Gasteiger partial charge in [0.15, 0.2) is 20.0 Å². The molecule has 27 rings (SSSR count). The van der Waals surface area contributed by atoms with Gasteiger partial charge in [0.25, 0.3) is 91.1 Å². The van der Waals surface area contributed by atoms with Gasteiger partial charge in [0.05, 0.1) is 102 Å². The van der Waals surface area contributed by atoms with Gasteiger partial charge in [-0.05, 0) is 209 Å². The van der Waals surface area contributed by atoms with Crippen molar-refractivity contribution in [2.24, 2.45) is 188 Å². The largest absolute Gasteiger partial charge is 0.469 e. The highest BCUT2D eigenvalue weighted by Crippen LogP contribution is 2.82. The number of halogens is 6. The fourth-order valence-corrected chi connectivity index (χ4v) is 54.1. The smallest absolute Gasteiger partial charge is 0.410 e. The van der Waals surface area contributed by atoms with E-state index in [0.29, 0.717) is 84.9 Å². The number of carbonyl (C=O) groups is 2. The van der Waals surface area contributed by atoms with Gasteiger partial charge in [-0.3, -0.25) is 47.2 Å². The molecule has 18 saturated carbocycles. The minimum absolute atomic E-state index is 0.00546. The third-order valence-corrected chi connectivity index (χ3v) is 60.2. The normalized spacial score (nSPS) is 56.6. The number of carbonyl (C=O) groups excluding carboxylic acids is 2. The molecule has 47 heteroatoms. The predicted molar refractivity (Wildman–Crippen MR) is 463 cm³/mol. The van der Waals surface area contributed by atoms with Gasteiger partial charge >= 0.3 is 18.3 Å². The highest BCUT2D eigenvalue weighted by molar-refractivity contribution is 7.90. The van der Waals surface area contributed by atoms with E-state index in [0.717, 1.165) is 51.4 Å². The Morgan fingerprint density at radius 1 is 0.407 bits per heavy atom. The zero-order chi connectivity index (χ0) is 99.3. The number of nitrogens with zero attached hydrogens (tertiary/aromatic N) is 2. The summed E-state index contributed by atoms with van der Waals surface area (Å²) in [6.07, 6.45) is -2.64. The van der Waals surface area contributed by atoms with Crippen LogP contribution in [0.1, 0.15) is 208 Å². The van der Waals surface area contributed by atoms with Crippen molar-refractivity contribution >= 4 is 103 Å². The van der Waals surface area contributed by atoms with Gasteiger partial charge in [-0.1, -0.05) is 104 Å². The van der Waals surface area contributed by atoms with Crippen LogP contribution in [-0.4, -0.2) is 207 Å². The van der Waals surface area contributed by atoms with Gasteiger partial charge in [-0.2, -0.15) is 113 Å². The SMILES string of the molecule is CC1C2(C)CC3C1(C)C(C)(OS3(=O)=O)C2(C)C.CC1C2CC3C1OS(=O)(=O)C3(C#N)C2.CC1C2CC3C1OS(=O)(=O)C3(C(F)(F)F)C2.CC1C2CC3C1OS(=O)(=O)C3(C)C2.CC1C2CC3C1OS(=O)(=O)C3C2C.CC1C2CC3C1OS(=O)(=O)C3C2C#N.CC1C2CC3C1OS(=O)(=O)C3C2C(F)(F)F.CCC(=O)C12CC3CC1C(OS2(=O)=O)C3C.COC(=O)C1C2CC3C(OS(=O)(=O)C31)C2C. The first-order chi connectivity index (χ1) is 61.9. The van der Waals surface area contributed by atoms with E-state index in [9.17, 15) is 112 Å². The van der Waals surface area contributed by atoms with E-state index < -0.39 is 192 Å². The van der Waals surface area contributed by atoms with Crippen molar-refractivity contribution in [1.29, 1.82) is 10.5 Å². The molecule has 18 aliphatic carbocycles. The van der Waals surface area contributed by atoms with Crippen LogP contribution in [0.3, 0.4) is 0 Å². The van der Waals surface area contributed by atoms with E-state index in [1.165, 1.54) is 7.11 Å². The number of methoxy groups -OCH3 is 1. The molecule has 27 aliphatic rings. The second-order valence-corrected chi connectivity index (χ2v) is 63.0. The summed E-state index contributed by atoms with van der Waals surface area (Å²) in [4.78, 5) is 23.7. The Morgan fingerprint density at radius 3 is 1.31 bits per heavy atom. The lowest BCUT2D eigenvalue weighted by molar-refractivity contribution is -0.190. The Balaban J connectivity index is 0.0000000976. The average molecular weight is 2090 g/mol. The van der Waals surface area contributed by atoms with Crippen molar-refractivity contribution in [2.75, 3.05) is 7.11 Å². The van der Waals surface area contributed by atoms with Gasteiger partial charge in [-0.15, -0.1) is 0 Å². The Morgan fingerprint density at radius 2 is 0.822 bits per heavy atom. The van der Waals surface area contributed by atoms with E-state index in [1.807, 2.05) is 47.6 Å². The fourth-order valence-electron chi connectivity index (χ4n) is 35.0. The molecule has 0 aromatic rings. The summed E-state index contributed by atoms with van der Waals surface area (Å²) in [6.45, 7) is 34.3. The molecule has 0 radical (unpaired) electrons. The van der Waals surface area contributed by atoms with E-state index in [4.69, 9.17) is 52.9 Å². The van der Waals surface area contributed by atoms with Crippen LogP contribution in [0, 0.1) is 211 Å². The van der Waals surface area contributed by atoms with Gasteiger partial charge in [0.2, 0.25) is 0 Å². The van der Waals surface area contributed by atoms with Crippen molar-refractivity contribution in [2.45, 2.75) is 320 Å². The maximum absolute atomic E-state index is 13.1. The average Bonchev–Trinajstić information content (AvgIpc) is 1.45. The summed E-state index contributed by atoms with van der Waals surface area (Å²) < 4.78 is 335. The first-order valence-electron chi connectivity index (χ1n) is 47.7. The van der Waals surface area contributed by atoms with Gasteiger partial charge in [0.1, 0.15) is 20.5 Å². The molecule has 0 N–H and O–H groups in total. The highest BCUT2D eigenvalue weighted by Gasteiger charge is 2.88. The zero-order valence-corrected chi connectivity index (χ0v) is 85.6. The Kier molecular flexibility index (Phi) is 22.8. The molecule has 9 heterocycles. The molecular weight excluding hydrogens is 1970 g/mol. The summed E-state index contributed by atoms with van der Waals surface area (Å²) in [6, 6.07) is 4.15. The number of rotatable bonds is 3. The third kappa shape index (κ3) is 12.8. The van der Waals surface area contributed by atoms with Gasteiger partial charge in [-0.25, -0.2) is 0 Å². The third-order valence-electron chi connectivity index (χ3n) is 42.8. The van der Waals surface area contributed by atoms with Crippen molar-refractivity contribution < 1.29 is 154 Å². The molecule has 9 aliphatic heterocycles. The zero-order valence-electron chi connectivity index (χ0n) is 78.2. The maximum Gasteiger partial charge on any atom is 0.410 e. The summed E-state index contributed by atoms with van der Waals surface area (Å²) in [5, 5.41) is 15.0. The first kappa shape index (κ1) is 101. The number of hydrogen-bond donors (Lipinski definition) is 0. The maximum atomic E-state index is 13.1. The molecule has 0 amide bonds. The van der Waals surface area contributed by atoms with Crippen molar-refractivity contribution in [3.8, 4) is 12.1 Å². The summed E-state index contributed by atoms with van der Waals surface area (Å²) in [5.74, 6) is -0.428. The van der Waals surface area contributed by atoms with Crippen LogP contribution in [0.2, 0.25) is 0 Å². The van der Waals surface area contributed by atoms with Crippen LogP contribution in [0.25, 0.3) is 0 Å². The minimum Gasteiger partial charge on any atom is -0.469 e. The predicted octanol–water partition coefficient (Wildman–Crippen LogP) is 10.4. The van der Waals surface area contributed by atoms with Crippen LogP contribution in [0.15, 0.2) is 0 Å². The molecule has 18 bridgehead atoms.